The van der Waals surface area contributed by atoms with E-state index in [0.29, 0.717) is 5.92 Å². The van der Waals surface area contributed by atoms with Gasteiger partial charge in [-0.3, -0.25) is 0 Å². The molecule has 1 saturated heterocycles. The Balaban J connectivity index is 1.56. The van der Waals surface area contributed by atoms with Crippen molar-refractivity contribution in [3.63, 3.8) is 0 Å². The van der Waals surface area contributed by atoms with Crippen molar-refractivity contribution >= 4 is 0 Å². The normalized spacial score (nSPS) is 27.7. The van der Waals surface area contributed by atoms with Crippen LogP contribution in [0.2, 0.25) is 0 Å². The van der Waals surface area contributed by atoms with E-state index in [1.165, 1.54) is 37.7 Å². The number of hydrogen-bond acceptors (Lipinski definition) is 3. The maximum absolute atomic E-state index is 6.22. The predicted molar refractivity (Wildman–Crippen MR) is 78.4 cm³/mol. The number of piperidine rings is 1. The van der Waals surface area contributed by atoms with E-state index >= 15 is 0 Å². The Morgan fingerprint density at radius 3 is 2.65 bits per heavy atom. The molecule has 2 fully saturated rings. The van der Waals surface area contributed by atoms with Gasteiger partial charge in [0.15, 0.2) is 11.5 Å². The largest absolute Gasteiger partial charge is 0.448 e. The molecule has 1 aromatic rings. The number of fused-ring (bicyclic) bond motifs is 1. The molecule has 2 heterocycles. The lowest BCUT2D eigenvalue weighted by Crippen LogP contribution is -2.40. The molecular weight excluding hydrogens is 250 g/mol. The summed E-state index contributed by atoms with van der Waals surface area (Å²) < 4.78 is 12.4. The van der Waals surface area contributed by atoms with E-state index in [-0.39, 0.29) is 5.79 Å². The lowest BCUT2D eigenvalue weighted by Gasteiger charge is -2.31. The van der Waals surface area contributed by atoms with Crippen LogP contribution in [0.15, 0.2) is 18.2 Å². The number of nitrogens with one attached hydrogen (secondary N) is 1. The van der Waals surface area contributed by atoms with Gasteiger partial charge in [0, 0.05) is 19.4 Å². The second-order valence-corrected chi connectivity index (χ2v) is 6.42. The van der Waals surface area contributed by atoms with E-state index in [4.69, 9.17) is 9.47 Å². The molecule has 1 atom stereocenters. The molecule has 0 aromatic heterocycles. The Labute approximate surface area is 120 Å². The van der Waals surface area contributed by atoms with Gasteiger partial charge in [-0.25, -0.2) is 0 Å². The quantitative estimate of drug-likeness (QED) is 0.848. The Kier molecular flexibility index (Phi) is 3.10. The first kappa shape index (κ1) is 12.5. The summed E-state index contributed by atoms with van der Waals surface area (Å²) in [7, 11) is 0. The van der Waals surface area contributed by atoms with Crippen LogP contribution in [0.25, 0.3) is 0 Å². The van der Waals surface area contributed by atoms with E-state index < -0.39 is 0 Å². The minimum Gasteiger partial charge on any atom is -0.448 e. The van der Waals surface area contributed by atoms with Gasteiger partial charge in [0.05, 0.1) is 0 Å². The van der Waals surface area contributed by atoms with Gasteiger partial charge in [0.2, 0.25) is 0 Å². The summed E-state index contributed by atoms with van der Waals surface area (Å²) in [5.74, 6) is 2.19. The van der Waals surface area contributed by atoms with Crippen molar-refractivity contribution in [2.45, 2.75) is 56.7 Å². The summed E-state index contributed by atoms with van der Waals surface area (Å²) in [5, 5.41) is 3.49. The predicted octanol–water partition coefficient (Wildman–Crippen LogP) is 3.59. The number of benzene rings is 1. The van der Waals surface area contributed by atoms with Crippen LogP contribution in [0, 0.1) is 0 Å². The molecule has 3 nitrogen and oxygen atoms in total. The van der Waals surface area contributed by atoms with Crippen LogP contribution in [0.5, 0.6) is 11.5 Å². The molecule has 3 aliphatic rings. The van der Waals surface area contributed by atoms with Gasteiger partial charge in [-0.2, -0.15) is 0 Å². The van der Waals surface area contributed by atoms with Gasteiger partial charge in [0.1, 0.15) is 0 Å². The Bertz CT molecular complexity index is 488. The molecule has 20 heavy (non-hydrogen) atoms. The second kappa shape index (κ2) is 4.96. The first-order valence-corrected chi connectivity index (χ1v) is 8.07. The van der Waals surface area contributed by atoms with Crippen molar-refractivity contribution in [1.29, 1.82) is 0 Å². The number of rotatable bonds is 1. The minimum atomic E-state index is -0.343. The molecule has 108 valence electrons. The van der Waals surface area contributed by atoms with Gasteiger partial charge in [-0.1, -0.05) is 12.5 Å². The molecule has 0 bridgehead atoms. The highest BCUT2D eigenvalue weighted by Gasteiger charge is 2.42. The third-order valence-electron chi connectivity index (χ3n) is 4.94. The molecule has 1 unspecified atom stereocenters. The lowest BCUT2D eigenvalue weighted by molar-refractivity contribution is -0.105. The molecule has 0 amide bonds. The summed E-state index contributed by atoms with van der Waals surface area (Å²) in [6.07, 6.45) is 8.34. The molecule has 1 aliphatic carbocycles. The van der Waals surface area contributed by atoms with Crippen LogP contribution in [-0.4, -0.2) is 18.9 Å². The van der Waals surface area contributed by atoms with Gasteiger partial charge < -0.3 is 14.8 Å². The molecule has 1 N–H and O–H groups in total. The fraction of sp³-hybridized carbons (Fsp3) is 0.647. The van der Waals surface area contributed by atoms with Crippen LogP contribution in [0.3, 0.4) is 0 Å². The van der Waals surface area contributed by atoms with E-state index in [2.05, 4.69) is 23.5 Å². The number of ether oxygens (including phenoxy) is 2. The zero-order valence-corrected chi connectivity index (χ0v) is 12.0. The van der Waals surface area contributed by atoms with Crippen LogP contribution in [-0.2, 0) is 0 Å². The summed E-state index contributed by atoms with van der Waals surface area (Å²) in [5.41, 5.74) is 1.40. The number of hydrogen-bond donors (Lipinski definition) is 1. The fourth-order valence-corrected chi connectivity index (χ4v) is 3.80. The summed E-state index contributed by atoms with van der Waals surface area (Å²) in [4.78, 5) is 0. The van der Waals surface area contributed by atoms with Crippen molar-refractivity contribution in [3.05, 3.63) is 23.8 Å². The highest BCUT2D eigenvalue weighted by molar-refractivity contribution is 5.47. The standard InChI is InChI=1S/C17H23NO2/c1-2-8-17(9-3-1)19-15-7-6-13(11-16(15)20-17)14-5-4-10-18-12-14/h6-7,11,14,18H,1-5,8-10,12H2. The van der Waals surface area contributed by atoms with Crippen LogP contribution in [0.4, 0.5) is 0 Å². The molecule has 1 aromatic carbocycles. The molecule has 3 heteroatoms. The van der Waals surface area contributed by atoms with Crippen molar-refractivity contribution in [2.24, 2.45) is 0 Å². The van der Waals surface area contributed by atoms with Crippen molar-refractivity contribution in [1.82, 2.24) is 5.32 Å². The molecule has 2 aliphatic heterocycles. The lowest BCUT2D eigenvalue weighted by atomic mass is 9.91. The van der Waals surface area contributed by atoms with Crippen LogP contribution >= 0.6 is 0 Å². The average molecular weight is 273 g/mol. The van der Waals surface area contributed by atoms with Gasteiger partial charge >= 0.3 is 0 Å². The topological polar surface area (TPSA) is 30.5 Å². The third kappa shape index (κ3) is 2.18. The maximum atomic E-state index is 6.22. The van der Waals surface area contributed by atoms with Crippen LogP contribution in [0.1, 0.15) is 56.4 Å². The highest BCUT2D eigenvalue weighted by atomic mass is 16.7. The van der Waals surface area contributed by atoms with Crippen molar-refractivity contribution in [2.75, 3.05) is 13.1 Å². The molecule has 1 saturated carbocycles. The van der Waals surface area contributed by atoms with E-state index in [0.717, 1.165) is 37.4 Å². The van der Waals surface area contributed by atoms with E-state index in [1.807, 2.05) is 0 Å². The summed E-state index contributed by atoms with van der Waals surface area (Å²) in [6, 6.07) is 6.56. The van der Waals surface area contributed by atoms with Gasteiger partial charge in [-0.15, -0.1) is 0 Å². The molecule has 1 spiro atoms. The van der Waals surface area contributed by atoms with E-state index in [9.17, 15) is 0 Å². The van der Waals surface area contributed by atoms with Gasteiger partial charge in [-0.05, 0) is 55.8 Å². The van der Waals surface area contributed by atoms with Crippen LogP contribution < -0.4 is 14.8 Å². The average Bonchev–Trinajstić information content (AvgIpc) is 2.85. The molecule has 4 rings (SSSR count). The maximum Gasteiger partial charge on any atom is 0.251 e. The highest BCUT2D eigenvalue weighted by Crippen LogP contribution is 2.46. The minimum absolute atomic E-state index is 0.343. The third-order valence-corrected chi connectivity index (χ3v) is 4.94. The smallest absolute Gasteiger partial charge is 0.251 e. The fourth-order valence-electron chi connectivity index (χ4n) is 3.80. The first-order chi connectivity index (χ1) is 9.85. The zero-order chi connectivity index (χ0) is 13.4. The second-order valence-electron chi connectivity index (χ2n) is 6.42. The summed E-state index contributed by atoms with van der Waals surface area (Å²) in [6.45, 7) is 2.24. The summed E-state index contributed by atoms with van der Waals surface area (Å²) >= 11 is 0. The van der Waals surface area contributed by atoms with E-state index in [1.54, 1.807) is 0 Å². The Hall–Kier alpha value is -1.22. The first-order valence-electron chi connectivity index (χ1n) is 8.07. The van der Waals surface area contributed by atoms with Crippen molar-refractivity contribution < 1.29 is 9.47 Å². The van der Waals surface area contributed by atoms with Crippen molar-refractivity contribution in [3.8, 4) is 11.5 Å². The Morgan fingerprint density at radius 1 is 1.00 bits per heavy atom. The molecular formula is C17H23NO2. The monoisotopic (exact) mass is 273 g/mol. The molecule has 0 radical (unpaired) electrons. The van der Waals surface area contributed by atoms with Gasteiger partial charge in [0.25, 0.3) is 5.79 Å². The SMILES string of the molecule is c1cc2c(cc1C1CCCNC1)OC1(CCCCC1)O2. The zero-order valence-electron chi connectivity index (χ0n) is 12.0. The Morgan fingerprint density at radius 2 is 1.85 bits per heavy atom.